The first-order valence-corrected chi connectivity index (χ1v) is 13.4. The summed E-state index contributed by atoms with van der Waals surface area (Å²) >= 11 is 1.40. The van der Waals surface area contributed by atoms with Gasteiger partial charge in [-0.05, 0) is 51.4 Å². The minimum atomic E-state index is -0.257. The molecule has 0 spiro atoms. The van der Waals surface area contributed by atoms with Gasteiger partial charge in [-0.2, -0.15) is 10.2 Å². The van der Waals surface area contributed by atoms with Crippen molar-refractivity contribution < 1.29 is 9.53 Å². The molecule has 0 aliphatic carbocycles. The van der Waals surface area contributed by atoms with Crippen LogP contribution in [0.5, 0.6) is 11.5 Å². The molecule has 10 heteroatoms. The fraction of sp³-hybridized carbons (Fsp3) is 0.286. The van der Waals surface area contributed by atoms with Crippen molar-refractivity contribution in [2.45, 2.75) is 13.0 Å². The Morgan fingerprint density at radius 1 is 1.13 bits per heavy atom. The number of aromatic nitrogens is 3. The largest absolute Gasteiger partial charge is 0.457 e. The fourth-order valence-electron chi connectivity index (χ4n) is 4.64. The highest BCUT2D eigenvalue weighted by atomic mass is 32.1. The summed E-state index contributed by atoms with van der Waals surface area (Å²) in [7, 11) is 4.13. The highest BCUT2D eigenvalue weighted by Crippen LogP contribution is 2.39. The van der Waals surface area contributed by atoms with E-state index < -0.39 is 0 Å². The van der Waals surface area contributed by atoms with Crippen molar-refractivity contribution in [1.29, 1.82) is 0 Å². The molecule has 1 saturated heterocycles. The van der Waals surface area contributed by atoms with Crippen molar-refractivity contribution in [1.82, 2.24) is 25.4 Å². The number of hydrogen-bond donors (Lipinski definition) is 2. The van der Waals surface area contributed by atoms with Crippen molar-refractivity contribution in [3.05, 3.63) is 77.6 Å². The van der Waals surface area contributed by atoms with Crippen LogP contribution in [0.4, 0.5) is 11.4 Å². The van der Waals surface area contributed by atoms with Gasteiger partial charge in [0.2, 0.25) is 0 Å². The molecule has 9 nitrogen and oxygen atoms in total. The molecular formula is C28H31N7O2S. The minimum Gasteiger partial charge on any atom is -0.457 e. The second kappa shape index (κ2) is 11.7. The topological polar surface area (TPSA) is 95.5 Å². The van der Waals surface area contributed by atoms with E-state index in [-0.39, 0.29) is 5.91 Å². The van der Waals surface area contributed by atoms with E-state index in [1.807, 2.05) is 62.5 Å². The molecule has 4 aromatic rings. The number of likely N-dealkylation sites (N-methyl/N-ethyl adjacent to an activating group) is 2. The van der Waals surface area contributed by atoms with Gasteiger partial charge in [0.05, 0.1) is 23.8 Å². The number of thiazole rings is 1. The molecule has 3 heterocycles. The third-order valence-corrected chi connectivity index (χ3v) is 7.59. The standard InChI is InChI=1S/C28H31N7O2S/c1-19-25(37-22-7-5-4-6-8-22)10-9-23(26(19)35-14-13-34(3)21(17-35)16-29-2)32-27(36)24-18-38-28(33-24)20-11-12-30-31-15-20/h4-12,15,18,21,29H,13-14,16-17H2,1-3H3,(H,32,36)/t21-/m0/s1. The quantitative estimate of drug-likeness (QED) is 0.349. The van der Waals surface area contributed by atoms with E-state index in [1.54, 1.807) is 17.8 Å². The lowest BCUT2D eigenvalue weighted by atomic mass is 10.1. The molecule has 38 heavy (non-hydrogen) atoms. The fourth-order valence-corrected chi connectivity index (χ4v) is 5.43. The first kappa shape index (κ1) is 25.8. The van der Waals surface area contributed by atoms with E-state index in [2.05, 4.69) is 42.7 Å². The summed E-state index contributed by atoms with van der Waals surface area (Å²) in [6.07, 6.45) is 3.25. The Labute approximate surface area is 226 Å². The second-order valence-electron chi connectivity index (χ2n) is 9.26. The smallest absolute Gasteiger partial charge is 0.275 e. The Kier molecular flexibility index (Phi) is 7.92. The zero-order valence-corrected chi connectivity index (χ0v) is 22.5. The molecule has 2 N–H and O–H groups in total. The van der Waals surface area contributed by atoms with E-state index in [1.165, 1.54) is 11.3 Å². The molecule has 0 radical (unpaired) electrons. The van der Waals surface area contributed by atoms with Gasteiger partial charge >= 0.3 is 0 Å². The molecule has 0 saturated carbocycles. The average molecular weight is 530 g/mol. The van der Waals surface area contributed by atoms with Gasteiger partial charge in [-0.25, -0.2) is 4.98 Å². The molecule has 1 atom stereocenters. The highest BCUT2D eigenvalue weighted by molar-refractivity contribution is 7.13. The molecule has 196 valence electrons. The van der Waals surface area contributed by atoms with Crippen molar-refractivity contribution in [2.75, 3.05) is 50.5 Å². The predicted octanol–water partition coefficient (Wildman–Crippen LogP) is 4.29. The molecule has 2 aromatic carbocycles. The number of anilines is 2. The summed E-state index contributed by atoms with van der Waals surface area (Å²) in [4.78, 5) is 22.6. The average Bonchev–Trinajstić information content (AvgIpc) is 3.44. The van der Waals surface area contributed by atoms with E-state index in [0.717, 1.165) is 65.2 Å². The molecule has 2 aromatic heterocycles. The molecule has 1 fully saturated rings. The van der Waals surface area contributed by atoms with Gasteiger partial charge in [0, 0.05) is 48.7 Å². The maximum atomic E-state index is 13.3. The van der Waals surface area contributed by atoms with E-state index in [0.29, 0.717) is 11.7 Å². The van der Waals surface area contributed by atoms with Gasteiger partial charge in [0.15, 0.2) is 0 Å². The van der Waals surface area contributed by atoms with Gasteiger partial charge in [0.25, 0.3) is 5.91 Å². The SMILES string of the molecule is CNC[C@H]1CN(c2c(NC(=O)c3csc(-c4ccnnc4)n3)ccc(Oc3ccccc3)c2C)CCN1C. The van der Waals surface area contributed by atoms with Crippen molar-refractivity contribution >= 4 is 28.6 Å². The lowest BCUT2D eigenvalue weighted by molar-refractivity contribution is 0.102. The number of nitrogens with zero attached hydrogens (tertiary/aromatic N) is 5. The number of hydrogen-bond acceptors (Lipinski definition) is 9. The highest BCUT2D eigenvalue weighted by Gasteiger charge is 2.28. The number of carbonyl (C=O) groups is 1. The van der Waals surface area contributed by atoms with Gasteiger partial charge < -0.3 is 20.3 Å². The number of benzene rings is 2. The van der Waals surface area contributed by atoms with Crippen molar-refractivity contribution in [3.63, 3.8) is 0 Å². The number of rotatable bonds is 8. The summed E-state index contributed by atoms with van der Waals surface area (Å²) < 4.78 is 6.25. The Morgan fingerprint density at radius 2 is 1.97 bits per heavy atom. The van der Waals surface area contributed by atoms with E-state index >= 15 is 0 Å². The van der Waals surface area contributed by atoms with Gasteiger partial charge in [-0.3, -0.25) is 9.69 Å². The first-order valence-electron chi connectivity index (χ1n) is 12.5. The van der Waals surface area contributed by atoms with Gasteiger partial charge in [-0.1, -0.05) is 18.2 Å². The molecular weight excluding hydrogens is 498 g/mol. The van der Waals surface area contributed by atoms with Crippen molar-refractivity contribution in [3.8, 4) is 22.1 Å². The summed E-state index contributed by atoms with van der Waals surface area (Å²) in [6, 6.07) is 15.7. The van der Waals surface area contributed by atoms with Crippen LogP contribution in [0, 0.1) is 6.92 Å². The van der Waals surface area contributed by atoms with E-state index in [4.69, 9.17) is 4.74 Å². The third kappa shape index (κ3) is 5.67. The number of ether oxygens (including phenoxy) is 1. The number of piperazine rings is 1. The van der Waals surface area contributed by atoms with Crippen LogP contribution in [-0.2, 0) is 0 Å². The number of amides is 1. The van der Waals surface area contributed by atoms with E-state index in [9.17, 15) is 4.79 Å². The molecule has 1 aliphatic heterocycles. The van der Waals surface area contributed by atoms with Gasteiger partial charge in [-0.15, -0.1) is 11.3 Å². The van der Waals surface area contributed by atoms with Crippen LogP contribution in [-0.4, -0.2) is 72.3 Å². The summed E-state index contributed by atoms with van der Waals surface area (Å²) in [5.74, 6) is 1.27. The van der Waals surface area contributed by atoms with Crippen LogP contribution in [0.15, 0.2) is 66.3 Å². The Balaban J connectivity index is 1.46. The van der Waals surface area contributed by atoms with Crippen LogP contribution in [0.1, 0.15) is 16.1 Å². The molecule has 1 aliphatic rings. The lowest BCUT2D eigenvalue weighted by Crippen LogP contribution is -2.55. The summed E-state index contributed by atoms with van der Waals surface area (Å²) in [5, 5.41) is 16.6. The van der Waals surface area contributed by atoms with Gasteiger partial charge in [0.1, 0.15) is 22.2 Å². The Bertz CT molecular complexity index is 1380. The number of nitrogens with one attached hydrogen (secondary N) is 2. The monoisotopic (exact) mass is 529 g/mol. The molecule has 0 unspecified atom stereocenters. The van der Waals surface area contributed by atoms with Crippen LogP contribution in [0.2, 0.25) is 0 Å². The summed E-state index contributed by atoms with van der Waals surface area (Å²) in [6.45, 7) is 5.50. The van der Waals surface area contributed by atoms with Crippen LogP contribution >= 0.6 is 11.3 Å². The van der Waals surface area contributed by atoms with Crippen LogP contribution < -0.4 is 20.3 Å². The molecule has 1 amide bonds. The second-order valence-corrected chi connectivity index (χ2v) is 10.1. The Morgan fingerprint density at radius 3 is 2.74 bits per heavy atom. The zero-order chi connectivity index (χ0) is 26.5. The maximum absolute atomic E-state index is 13.3. The number of carbonyl (C=O) groups excluding carboxylic acids is 1. The first-order chi connectivity index (χ1) is 18.5. The molecule has 5 rings (SSSR count). The lowest BCUT2D eigenvalue weighted by Gasteiger charge is -2.42. The predicted molar refractivity (Wildman–Crippen MR) is 151 cm³/mol. The molecule has 0 bridgehead atoms. The minimum absolute atomic E-state index is 0.257. The van der Waals surface area contributed by atoms with Crippen LogP contribution in [0.25, 0.3) is 10.6 Å². The maximum Gasteiger partial charge on any atom is 0.275 e. The number of para-hydroxylation sites is 1. The normalized spacial score (nSPS) is 15.9. The van der Waals surface area contributed by atoms with Crippen molar-refractivity contribution in [2.24, 2.45) is 0 Å². The Hall–Kier alpha value is -3.86. The van der Waals surface area contributed by atoms with Crippen LogP contribution in [0.3, 0.4) is 0 Å². The third-order valence-electron chi connectivity index (χ3n) is 6.70. The summed E-state index contributed by atoms with van der Waals surface area (Å²) in [5.41, 5.74) is 3.87. The zero-order valence-electron chi connectivity index (χ0n) is 21.7.